The van der Waals surface area contributed by atoms with Crippen molar-refractivity contribution in [3.8, 4) is 0 Å². The zero-order valence-electron chi connectivity index (χ0n) is 10.8. The van der Waals surface area contributed by atoms with Crippen molar-refractivity contribution in [1.82, 2.24) is 9.80 Å². The summed E-state index contributed by atoms with van der Waals surface area (Å²) in [6.07, 6.45) is 1.29. The van der Waals surface area contributed by atoms with E-state index in [4.69, 9.17) is 5.11 Å². The van der Waals surface area contributed by atoms with Crippen LogP contribution in [0.15, 0.2) is 0 Å². The topological polar surface area (TPSA) is 60.9 Å². The molecule has 0 saturated carbocycles. The van der Waals surface area contributed by atoms with Gasteiger partial charge in [-0.1, -0.05) is 0 Å². The Bertz CT molecular complexity index is 283. The van der Waals surface area contributed by atoms with Gasteiger partial charge in [-0.05, 0) is 39.8 Å². The van der Waals surface area contributed by atoms with Crippen LogP contribution in [0.5, 0.6) is 0 Å². The smallest absolute Gasteiger partial charge is 0.306 e. The van der Waals surface area contributed by atoms with Crippen molar-refractivity contribution in [2.75, 3.05) is 26.7 Å². The van der Waals surface area contributed by atoms with Crippen molar-refractivity contribution < 1.29 is 14.7 Å². The number of nitrogens with zero attached hydrogens (tertiary/aromatic N) is 2. The fraction of sp³-hybridized carbons (Fsp3) is 0.833. The summed E-state index contributed by atoms with van der Waals surface area (Å²) < 4.78 is 0. The molecule has 0 aromatic rings. The molecule has 5 heteroatoms. The number of hydrogen-bond acceptors (Lipinski definition) is 3. The Hall–Kier alpha value is -1.10. The van der Waals surface area contributed by atoms with Crippen molar-refractivity contribution >= 4 is 11.9 Å². The fourth-order valence-electron chi connectivity index (χ4n) is 1.93. The molecule has 5 nitrogen and oxygen atoms in total. The second-order valence-corrected chi connectivity index (χ2v) is 4.99. The van der Waals surface area contributed by atoms with Gasteiger partial charge in [0.2, 0.25) is 5.91 Å². The van der Waals surface area contributed by atoms with Crippen molar-refractivity contribution in [1.29, 1.82) is 0 Å². The van der Waals surface area contributed by atoms with E-state index in [9.17, 15) is 9.59 Å². The number of carbonyl (C=O) groups is 2. The Kier molecular flexibility index (Phi) is 4.93. The molecular formula is C12H22N2O3. The summed E-state index contributed by atoms with van der Waals surface area (Å²) in [6, 6.07) is 0.207. The molecule has 1 saturated heterocycles. The van der Waals surface area contributed by atoms with Gasteiger partial charge in [0.15, 0.2) is 0 Å². The second-order valence-electron chi connectivity index (χ2n) is 4.99. The van der Waals surface area contributed by atoms with Gasteiger partial charge in [-0.3, -0.25) is 14.5 Å². The van der Waals surface area contributed by atoms with Gasteiger partial charge < -0.3 is 10.0 Å². The second kappa shape index (κ2) is 6.00. The predicted octanol–water partition coefficient (Wildman–Crippen LogP) is 0.650. The van der Waals surface area contributed by atoms with E-state index < -0.39 is 5.97 Å². The Morgan fingerprint density at radius 1 is 1.35 bits per heavy atom. The molecule has 98 valence electrons. The fourth-order valence-corrected chi connectivity index (χ4v) is 1.93. The molecule has 1 aliphatic rings. The lowest BCUT2D eigenvalue weighted by molar-refractivity contribution is -0.143. The highest BCUT2D eigenvalue weighted by atomic mass is 16.4. The van der Waals surface area contributed by atoms with Gasteiger partial charge >= 0.3 is 5.97 Å². The normalized spacial score (nSPS) is 18.4. The average Bonchev–Trinajstić information content (AvgIpc) is 2.28. The van der Waals surface area contributed by atoms with E-state index in [2.05, 4.69) is 0 Å². The van der Waals surface area contributed by atoms with Crippen molar-refractivity contribution in [3.05, 3.63) is 0 Å². The van der Waals surface area contributed by atoms with E-state index in [0.29, 0.717) is 32.5 Å². The number of hydrogen-bond donors (Lipinski definition) is 1. The lowest BCUT2D eigenvalue weighted by Crippen LogP contribution is -2.44. The molecule has 0 aromatic carbocycles. The molecule has 0 bridgehead atoms. The molecule has 1 fully saturated rings. The van der Waals surface area contributed by atoms with Crippen LogP contribution in [0.2, 0.25) is 0 Å². The van der Waals surface area contributed by atoms with Gasteiger partial charge in [-0.15, -0.1) is 0 Å². The lowest BCUT2D eigenvalue weighted by atomic mass is 9.97. The molecule has 1 rings (SSSR count). The van der Waals surface area contributed by atoms with Crippen molar-refractivity contribution in [3.63, 3.8) is 0 Å². The minimum Gasteiger partial charge on any atom is -0.481 e. The van der Waals surface area contributed by atoms with Gasteiger partial charge in [0.05, 0.1) is 12.5 Å². The van der Waals surface area contributed by atoms with Crippen LogP contribution in [0.4, 0.5) is 0 Å². The SMILES string of the molecule is CC(C)N(C)C(=O)CN1CCC(C(=O)O)CC1. The number of piperidine rings is 1. The first-order chi connectivity index (χ1) is 7.91. The number of aliphatic carboxylic acids is 1. The molecule has 1 heterocycles. The standard InChI is InChI=1S/C12H22N2O3/c1-9(2)13(3)11(15)8-14-6-4-10(5-7-14)12(16)17/h9-10H,4-8H2,1-3H3,(H,16,17). The number of likely N-dealkylation sites (tertiary alicyclic amines) is 1. The van der Waals surface area contributed by atoms with Gasteiger partial charge in [0.25, 0.3) is 0 Å². The minimum atomic E-state index is -0.713. The van der Waals surface area contributed by atoms with Crippen LogP contribution in [-0.4, -0.2) is 59.5 Å². The maximum absolute atomic E-state index is 11.8. The summed E-state index contributed by atoms with van der Waals surface area (Å²) >= 11 is 0. The van der Waals surface area contributed by atoms with Crippen molar-refractivity contribution in [2.24, 2.45) is 5.92 Å². The molecule has 0 atom stereocenters. The molecule has 17 heavy (non-hydrogen) atoms. The van der Waals surface area contributed by atoms with E-state index >= 15 is 0 Å². The zero-order valence-corrected chi connectivity index (χ0v) is 10.8. The molecular weight excluding hydrogens is 220 g/mol. The van der Waals surface area contributed by atoms with E-state index in [0.717, 1.165) is 0 Å². The van der Waals surface area contributed by atoms with Crippen LogP contribution in [0, 0.1) is 5.92 Å². The first-order valence-electron chi connectivity index (χ1n) is 6.12. The van der Waals surface area contributed by atoms with E-state index in [-0.39, 0.29) is 17.9 Å². The first kappa shape index (κ1) is 14.0. The summed E-state index contributed by atoms with van der Waals surface area (Å²) in [6.45, 7) is 5.77. The van der Waals surface area contributed by atoms with Gasteiger partial charge in [-0.2, -0.15) is 0 Å². The maximum Gasteiger partial charge on any atom is 0.306 e. The number of carbonyl (C=O) groups excluding carboxylic acids is 1. The summed E-state index contributed by atoms with van der Waals surface area (Å²) in [5.41, 5.74) is 0. The first-order valence-corrected chi connectivity index (χ1v) is 6.12. The van der Waals surface area contributed by atoms with Gasteiger partial charge in [-0.25, -0.2) is 0 Å². The van der Waals surface area contributed by atoms with Crippen LogP contribution in [0.25, 0.3) is 0 Å². The third-order valence-electron chi connectivity index (χ3n) is 3.46. The minimum absolute atomic E-state index is 0.105. The van der Waals surface area contributed by atoms with Crippen LogP contribution in [0.3, 0.4) is 0 Å². The number of carboxylic acid groups (broad SMARTS) is 1. The molecule has 0 radical (unpaired) electrons. The number of amides is 1. The lowest BCUT2D eigenvalue weighted by Gasteiger charge is -2.31. The molecule has 0 aliphatic carbocycles. The van der Waals surface area contributed by atoms with Crippen LogP contribution in [0.1, 0.15) is 26.7 Å². The van der Waals surface area contributed by atoms with Crippen LogP contribution < -0.4 is 0 Å². The number of carboxylic acids is 1. The highest BCUT2D eigenvalue weighted by Gasteiger charge is 2.26. The zero-order chi connectivity index (χ0) is 13.0. The third kappa shape index (κ3) is 4.00. The van der Waals surface area contributed by atoms with Crippen LogP contribution >= 0.6 is 0 Å². The highest BCUT2D eigenvalue weighted by molar-refractivity contribution is 5.78. The Morgan fingerprint density at radius 3 is 2.29 bits per heavy atom. The molecule has 1 amide bonds. The molecule has 0 unspecified atom stereocenters. The Morgan fingerprint density at radius 2 is 1.88 bits per heavy atom. The van der Waals surface area contributed by atoms with E-state index in [1.807, 2.05) is 18.7 Å². The largest absolute Gasteiger partial charge is 0.481 e. The van der Waals surface area contributed by atoms with Gasteiger partial charge in [0, 0.05) is 13.1 Å². The highest BCUT2D eigenvalue weighted by Crippen LogP contribution is 2.17. The quantitative estimate of drug-likeness (QED) is 0.786. The summed E-state index contributed by atoms with van der Waals surface area (Å²) in [7, 11) is 1.80. The van der Waals surface area contributed by atoms with E-state index in [1.54, 1.807) is 11.9 Å². The summed E-state index contributed by atoms with van der Waals surface area (Å²) in [5, 5.41) is 8.87. The predicted molar refractivity (Wildman–Crippen MR) is 64.7 cm³/mol. The third-order valence-corrected chi connectivity index (χ3v) is 3.46. The Labute approximate surface area is 102 Å². The number of rotatable bonds is 4. The maximum atomic E-state index is 11.8. The van der Waals surface area contributed by atoms with Gasteiger partial charge in [0.1, 0.15) is 0 Å². The molecule has 0 aromatic heterocycles. The molecule has 1 N–H and O–H groups in total. The monoisotopic (exact) mass is 242 g/mol. The Balaban J connectivity index is 2.35. The molecule has 1 aliphatic heterocycles. The van der Waals surface area contributed by atoms with Crippen molar-refractivity contribution in [2.45, 2.75) is 32.7 Å². The van der Waals surface area contributed by atoms with Crippen LogP contribution in [-0.2, 0) is 9.59 Å². The molecule has 0 spiro atoms. The number of likely N-dealkylation sites (N-methyl/N-ethyl adjacent to an activating group) is 1. The summed E-state index contributed by atoms with van der Waals surface area (Å²) in [5.74, 6) is -0.840. The average molecular weight is 242 g/mol. The van der Waals surface area contributed by atoms with E-state index in [1.165, 1.54) is 0 Å². The summed E-state index contributed by atoms with van der Waals surface area (Å²) in [4.78, 5) is 26.4.